The van der Waals surface area contributed by atoms with Gasteiger partial charge in [-0.3, -0.25) is 0 Å². The number of benzene rings is 1. The van der Waals surface area contributed by atoms with Crippen LogP contribution in [-0.4, -0.2) is 26.4 Å². The van der Waals surface area contributed by atoms with E-state index in [1.165, 1.54) is 5.56 Å². The van der Waals surface area contributed by atoms with Crippen molar-refractivity contribution in [2.45, 2.75) is 39.3 Å². The molecule has 0 fully saturated rings. The van der Waals surface area contributed by atoms with Gasteiger partial charge in [-0.25, -0.2) is 0 Å². The summed E-state index contributed by atoms with van der Waals surface area (Å²) in [6.07, 6.45) is 1.30. The first-order chi connectivity index (χ1) is 8.67. The summed E-state index contributed by atoms with van der Waals surface area (Å²) >= 11 is 0. The summed E-state index contributed by atoms with van der Waals surface area (Å²) in [6.45, 7) is 7.96. The Morgan fingerprint density at radius 3 is 2.39 bits per heavy atom. The first-order valence-corrected chi connectivity index (χ1v) is 6.66. The van der Waals surface area contributed by atoms with Gasteiger partial charge < -0.3 is 14.8 Å². The van der Waals surface area contributed by atoms with Crippen molar-refractivity contribution in [3.8, 4) is 5.75 Å². The molecule has 0 spiro atoms. The minimum absolute atomic E-state index is 0.271. The summed E-state index contributed by atoms with van der Waals surface area (Å²) in [5.41, 5.74) is 1.27. The van der Waals surface area contributed by atoms with Crippen molar-refractivity contribution in [2.24, 2.45) is 0 Å². The Balaban J connectivity index is 2.48. The SMILES string of the molecule is CC[C@H](C)Oc1ccc([C@@H](C)NCCOC)cc1. The molecular weight excluding hydrogens is 226 g/mol. The fourth-order valence-corrected chi connectivity index (χ4v) is 1.65. The van der Waals surface area contributed by atoms with E-state index in [1.807, 2.05) is 12.1 Å². The van der Waals surface area contributed by atoms with Crippen LogP contribution in [0.1, 0.15) is 38.8 Å². The average molecular weight is 251 g/mol. The van der Waals surface area contributed by atoms with Gasteiger partial charge in [0.25, 0.3) is 0 Å². The zero-order valence-corrected chi connectivity index (χ0v) is 11.9. The quantitative estimate of drug-likeness (QED) is 0.720. The molecule has 0 aliphatic rings. The van der Waals surface area contributed by atoms with Crippen LogP contribution in [0.25, 0.3) is 0 Å². The van der Waals surface area contributed by atoms with Gasteiger partial charge >= 0.3 is 0 Å². The molecule has 102 valence electrons. The van der Waals surface area contributed by atoms with Gasteiger partial charge in [0.2, 0.25) is 0 Å². The van der Waals surface area contributed by atoms with Gasteiger partial charge in [-0.1, -0.05) is 19.1 Å². The third kappa shape index (κ3) is 5.07. The predicted molar refractivity (Wildman–Crippen MR) is 75.1 cm³/mol. The van der Waals surface area contributed by atoms with Crippen molar-refractivity contribution in [1.82, 2.24) is 5.32 Å². The van der Waals surface area contributed by atoms with Gasteiger partial charge in [-0.15, -0.1) is 0 Å². The van der Waals surface area contributed by atoms with Crippen molar-refractivity contribution in [3.63, 3.8) is 0 Å². The van der Waals surface area contributed by atoms with Crippen LogP contribution in [0.4, 0.5) is 0 Å². The van der Waals surface area contributed by atoms with Crippen LogP contribution in [0, 0.1) is 0 Å². The Morgan fingerprint density at radius 1 is 1.17 bits per heavy atom. The van der Waals surface area contributed by atoms with E-state index in [-0.39, 0.29) is 6.10 Å². The molecule has 0 radical (unpaired) electrons. The topological polar surface area (TPSA) is 30.5 Å². The third-order valence-corrected chi connectivity index (χ3v) is 3.05. The lowest BCUT2D eigenvalue weighted by atomic mass is 10.1. The highest BCUT2D eigenvalue weighted by atomic mass is 16.5. The molecule has 3 nitrogen and oxygen atoms in total. The molecule has 0 bridgehead atoms. The van der Waals surface area contributed by atoms with Gasteiger partial charge in [0.05, 0.1) is 12.7 Å². The molecule has 1 aromatic rings. The molecular formula is C15H25NO2. The number of nitrogens with one attached hydrogen (secondary N) is 1. The second-order valence-electron chi connectivity index (χ2n) is 4.57. The van der Waals surface area contributed by atoms with Crippen LogP contribution >= 0.6 is 0 Å². The van der Waals surface area contributed by atoms with E-state index >= 15 is 0 Å². The summed E-state index contributed by atoms with van der Waals surface area (Å²) in [5, 5.41) is 3.41. The van der Waals surface area contributed by atoms with Crippen LogP contribution in [0.3, 0.4) is 0 Å². The van der Waals surface area contributed by atoms with Crippen molar-refractivity contribution in [2.75, 3.05) is 20.3 Å². The first kappa shape index (κ1) is 15.0. The molecule has 1 N–H and O–H groups in total. The summed E-state index contributed by atoms with van der Waals surface area (Å²) in [5.74, 6) is 0.942. The van der Waals surface area contributed by atoms with E-state index in [0.29, 0.717) is 6.04 Å². The fraction of sp³-hybridized carbons (Fsp3) is 0.600. The minimum atomic E-state index is 0.271. The number of hydrogen-bond donors (Lipinski definition) is 1. The standard InChI is InChI=1S/C15H25NO2/c1-5-12(2)18-15-8-6-14(7-9-15)13(3)16-10-11-17-4/h6-9,12-13,16H,5,10-11H2,1-4H3/t12-,13+/m0/s1. The highest BCUT2D eigenvalue weighted by Crippen LogP contribution is 2.18. The largest absolute Gasteiger partial charge is 0.491 e. The number of rotatable bonds is 8. The maximum absolute atomic E-state index is 5.76. The first-order valence-electron chi connectivity index (χ1n) is 6.66. The fourth-order valence-electron chi connectivity index (χ4n) is 1.65. The number of hydrogen-bond acceptors (Lipinski definition) is 3. The van der Waals surface area contributed by atoms with Gasteiger partial charge in [0.1, 0.15) is 5.75 Å². The Morgan fingerprint density at radius 2 is 1.83 bits per heavy atom. The van der Waals surface area contributed by atoms with Crippen LogP contribution in [0.5, 0.6) is 5.75 Å². The van der Waals surface area contributed by atoms with E-state index in [4.69, 9.17) is 9.47 Å². The van der Waals surface area contributed by atoms with Gasteiger partial charge in [-0.2, -0.15) is 0 Å². The van der Waals surface area contributed by atoms with E-state index in [1.54, 1.807) is 7.11 Å². The predicted octanol–water partition coefficient (Wildman–Crippen LogP) is 3.16. The molecule has 0 amide bonds. The molecule has 0 aromatic heterocycles. The monoisotopic (exact) mass is 251 g/mol. The lowest BCUT2D eigenvalue weighted by molar-refractivity contribution is 0.196. The molecule has 0 heterocycles. The second kappa shape index (κ2) is 8.11. The minimum Gasteiger partial charge on any atom is -0.491 e. The molecule has 0 unspecified atom stereocenters. The zero-order chi connectivity index (χ0) is 13.4. The maximum Gasteiger partial charge on any atom is 0.119 e. The van der Waals surface area contributed by atoms with Gasteiger partial charge in [0.15, 0.2) is 0 Å². The lowest BCUT2D eigenvalue weighted by Crippen LogP contribution is -2.22. The van der Waals surface area contributed by atoms with E-state index in [9.17, 15) is 0 Å². The molecule has 2 atom stereocenters. The van der Waals surface area contributed by atoms with Crippen LogP contribution in [0.15, 0.2) is 24.3 Å². The Bertz CT molecular complexity index is 324. The molecule has 0 saturated carbocycles. The summed E-state index contributed by atoms with van der Waals surface area (Å²) in [7, 11) is 1.72. The number of methoxy groups -OCH3 is 1. The summed E-state index contributed by atoms with van der Waals surface area (Å²) < 4.78 is 10.8. The molecule has 1 rings (SSSR count). The molecule has 1 aromatic carbocycles. The molecule has 0 aliphatic heterocycles. The average Bonchev–Trinajstić information content (AvgIpc) is 2.39. The van der Waals surface area contributed by atoms with Gasteiger partial charge in [-0.05, 0) is 38.0 Å². The molecule has 18 heavy (non-hydrogen) atoms. The maximum atomic E-state index is 5.76. The van der Waals surface area contributed by atoms with Crippen molar-refractivity contribution < 1.29 is 9.47 Å². The Hall–Kier alpha value is -1.06. The Kier molecular flexibility index (Phi) is 6.76. The highest BCUT2D eigenvalue weighted by molar-refractivity contribution is 5.29. The van der Waals surface area contributed by atoms with Crippen molar-refractivity contribution in [1.29, 1.82) is 0 Å². The normalized spacial score (nSPS) is 14.2. The van der Waals surface area contributed by atoms with Crippen molar-refractivity contribution in [3.05, 3.63) is 29.8 Å². The van der Waals surface area contributed by atoms with E-state index < -0.39 is 0 Å². The van der Waals surface area contributed by atoms with E-state index in [2.05, 4.69) is 38.2 Å². The molecule has 0 saturated heterocycles. The molecule has 3 heteroatoms. The Labute approximate surface area is 110 Å². The van der Waals surface area contributed by atoms with E-state index in [0.717, 1.165) is 25.3 Å². The smallest absolute Gasteiger partial charge is 0.119 e. The lowest BCUT2D eigenvalue weighted by Gasteiger charge is -2.16. The van der Waals surface area contributed by atoms with Crippen molar-refractivity contribution >= 4 is 0 Å². The highest BCUT2D eigenvalue weighted by Gasteiger charge is 2.05. The van der Waals surface area contributed by atoms with Crippen LogP contribution in [-0.2, 0) is 4.74 Å². The third-order valence-electron chi connectivity index (χ3n) is 3.05. The van der Waals surface area contributed by atoms with Crippen LogP contribution < -0.4 is 10.1 Å². The van der Waals surface area contributed by atoms with Gasteiger partial charge in [0, 0.05) is 19.7 Å². The summed E-state index contributed by atoms with van der Waals surface area (Å²) in [6, 6.07) is 8.63. The summed E-state index contributed by atoms with van der Waals surface area (Å²) in [4.78, 5) is 0. The molecule has 0 aliphatic carbocycles. The zero-order valence-electron chi connectivity index (χ0n) is 11.9. The number of ether oxygens (including phenoxy) is 2. The second-order valence-corrected chi connectivity index (χ2v) is 4.57. The van der Waals surface area contributed by atoms with Crippen LogP contribution in [0.2, 0.25) is 0 Å².